The third-order valence-electron chi connectivity index (χ3n) is 5.19. The number of carbonyl (C=O) groups excluding carboxylic acids is 1. The van der Waals surface area contributed by atoms with E-state index in [1.807, 2.05) is 44.2 Å². The average molecular weight is 444 g/mol. The number of rotatable bonds is 6. The molecule has 0 aliphatic heterocycles. The molecule has 0 saturated carbocycles. The van der Waals surface area contributed by atoms with Gasteiger partial charge in [0, 0.05) is 11.1 Å². The number of hydrogen-bond donors (Lipinski definition) is 0. The van der Waals surface area contributed by atoms with Crippen LogP contribution in [0.3, 0.4) is 0 Å². The minimum Gasteiger partial charge on any atom is -0.287 e. The lowest BCUT2D eigenvalue weighted by Crippen LogP contribution is -2.18. The molecular weight excluding hydrogens is 422 g/mol. The molecule has 0 unspecified atom stereocenters. The van der Waals surface area contributed by atoms with Crippen molar-refractivity contribution in [3.8, 4) is 0 Å². The molecule has 0 atom stereocenters. The van der Waals surface area contributed by atoms with Crippen molar-refractivity contribution in [2.24, 2.45) is 5.16 Å². The van der Waals surface area contributed by atoms with Gasteiger partial charge < -0.3 is 0 Å². The molecule has 0 N–H and O–H groups in total. The second-order valence-corrected chi connectivity index (χ2v) is 8.98. The minimum absolute atomic E-state index is 0.0347. The summed E-state index contributed by atoms with van der Waals surface area (Å²) in [5.74, 6) is -0.425. The molecule has 4 aromatic carbocycles. The van der Waals surface area contributed by atoms with Crippen molar-refractivity contribution in [2.45, 2.75) is 18.7 Å². The number of aryl methyl sites for hydroxylation is 2. The van der Waals surface area contributed by atoms with Crippen LogP contribution in [0.15, 0.2) is 101 Å². The van der Waals surface area contributed by atoms with Crippen LogP contribution in [0.1, 0.15) is 27.0 Å². The Morgan fingerprint density at radius 1 is 0.750 bits per heavy atom. The van der Waals surface area contributed by atoms with E-state index in [1.54, 1.807) is 48.5 Å². The number of carbonyl (C=O) groups is 1. The summed E-state index contributed by atoms with van der Waals surface area (Å²) in [6.45, 7) is 3.83. The average Bonchev–Trinajstić information content (AvgIpc) is 2.80. The molecule has 0 heterocycles. The molecule has 0 fully saturated rings. The summed E-state index contributed by atoms with van der Waals surface area (Å²) in [5.41, 5.74) is 2.74. The van der Waals surface area contributed by atoms with Crippen LogP contribution in [0.2, 0.25) is 0 Å². The van der Waals surface area contributed by atoms with E-state index in [4.69, 9.17) is 4.28 Å². The molecule has 0 spiro atoms. The quantitative estimate of drug-likeness (QED) is 0.226. The number of hydrogen-bond acceptors (Lipinski definition) is 5. The highest BCUT2D eigenvalue weighted by molar-refractivity contribution is 7.86. The van der Waals surface area contributed by atoms with Crippen molar-refractivity contribution in [1.82, 2.24) is 0 Å². The van der Waals surface area contributed by atoms with Crippen LogP contribution in [-0.4, -0.2) is 19.9 Å². The predicted octanol–water partition coefficient (Wildman–Crippen LogP) is 5.45. The molecule has 0 aromatic heterocycles. The van der Waals surface area contributed by atoms with Crippen LogP contribution in [0, 0.1) is 13.8 Å². The van der Waals surface area contributed by atoms with Crippen LogP contribution in [0.5, 0.6) is 0 Å². The van der Waals surface area contributed by atoms with E-state index in [2.05, 4.69) is 5.16 Å². The number of oxime groups is 1. The fourth-order valence-electron chi connectivity index (χ4n) is 3.43. The minimum atomic E-state index is -4.18. The van der Waals surface area contributed by atoms with E-state index >= 15 is 0 Å². The molecule has 32 heavy (non-hydrogen) atoms. The molecule has 0 aliphatic carbocycles. The highest BCUT2D eigenvalue weighted by Crippen LogP contribution is 2.24. The highest BCUT2D eigenvalue weighted by Gasteiger charge is 2.22. The van der Waals surface area contributed by atoms with Crippen LogP contribution >= 0.6 is 0 Å². The van der Waals surface area contributed by atoms with Crippen LogP contribution in [0.4, 0.5) is 0 Å². The Hall–Kier alpha value is -3.77. The smallest absolute Gasteiger partial charge is 0.287 e. The summed E-state index contributed by atoms with van der Waals surface area (Å²) < 4.78 is 30.3. The molecule has 4 rings (SSSR count). The Morgan fingerprint density at radius 3 is 2.06 bits per heavy atom. The maximum Gasteiger partial charge on any atom is 0.358 e. The summed E-state index contributed by atoms with van der Waals surface area (Å²) in [6, 6.07) is 26.1. The predicted molar refractivity (Wildman–Crippen MR) is 125 cm³/mol. The van der Waals surface area contributed by atoms with Gasteiger partial charge in [0.15, 0.2) is 5.71 Å². The topological polar surface area (TPSA) is 72.8 Å². The lowest BCUT2D eigenvalue weighted by molar-refractivity contribution is 0.106. The molecule has 160 valence electrons. The summed E-state index contributed by atoms with van der Waals surface area (Å²) in [4.78, 5) is 13.5. The van der Waals surface area contributed by atoms with Gasteiger partial charge in [-0.1, -0.05) is 89.6 Å². The SMILES string of the molecule is Cc1ccc(S(=O)(=O)O/N=C(/C(=O)c2ccc(C)c3ccccc23)c2ccccc2)cc1. The first-order valence-electron chi connectivity index (χ1n) is 10.0. The first kappa shape index (κ1) is 21.5. The molecule has 0 bridgehead atoms. The highest BCUT2D eigenvalue weighted by atomic mass is 32.2. The molecular formula is C26H21NO4S. The third kappa shape index (κ3) is 4.31. The molecule has 0 aliphatic rings. The number of nitrogens with zero attached hydrogens (tertiary/aromatic N) is 1. The molecule has 0 radical (unpaired) electrons. The maximum atomic E-state index is 13.6. The summed E-state index contributed by atoms with van der Waals surface area (Å²) in [7, 11) is -4.18. The first-order valence-corrected chi connectivity index (χ1v) is 11.4. The largest absolute Gasteiger partial charge is 0.358 e. The van der Waals surface area contributed by atoms with Gasteiger partial charge in [-0.2, -0.15) is 8.42 Å². The summed E-state index contributed by atoms with van der Waals surface area (Å²) in [6.07, 6.45) is 0. The monoisotopic (exact) mass is 443 g/mol. The lowest BCUT2D eigenvalue weighted by atomic mass is 9.94. The van der Waals surface area contributed by atoms with E-state index in [0.29, 0.717) is 11.1 Å². The summed E-state index contributed by atoms with van der Waals surface area (Å²) >= 11 is 0. The fourth-order valence-corrected chi connectivity index (χ4v) is 4.16. The number of ketones is 1. The van der Waals surface area contributed by atoms with Gasteiger partial charge in [0.1, 0.15) is 4.90 Å². The van der Waals surface area contributed by atoms with Gasteiger partial charge in [-0.25, -0.2) is 0 Å². The van der Waals surface area contributed by atoms with E-state index < -0.39 is 15.9 Å². The van der Waals surface area contributed by atoms with E-state index in [-0.39, 0.29) is 10.6 Å². The second kappa shape index (κ2) is 8.77. The molecule has 6 heteroatoms. The number of Topliss-reactive ketones (excluding diaryl/α,β-unsaturated/α-hetero) is 1. The van der Waals surface area contributed by atoms with Crippen LogP contribution in [-0.2, 0) is 14.4 Å². The zero-order valence-electron chi connectivity index (χ0n) is 17.6. The lowest BCUT2D eigenvalue weighted by Gasteiger charge is -2.10. The molecule has 4 aromatic rings. The van der Waals surface area contributed by atoms with Crippen molar-refractivity contribution < 1.29 is 17.5 Å². The van der Waals surface area contributed by atoms with Crippen molar-refractivity contribution in [1.29, 1.82) is 0 Å². The molecule has 0 amide bonds. The fraction of sp³-hybridized carbons (Fsp3) is 0.0769. The molecule has 0 saturated heterocycles. The third-order valence-corrected chi connectivity index (χ3v) is 6.31. The Balaban J connectivity index is 1.80. The number of benzene rings is 4. The van der Waals surface area contributed by atoms with Crippen molar-refractivity contribution >= 4 is 32.4 Å². The van der Waals surface area contributed by atoms with Gasteiger partial charge >= 0.3 is 10.1 Å². The normalized spacial score (nSPS) is 12.0. The Labute approximate surface area is 187 Å². The van der Waals surface area contributed by atoms with Crippen LogP contribution < -0.4 is 0 Å². The van der Waals surface area contributed by atoms with E-state index in [9.17, 15) is 13.2 Å². The standard InChI is InChI=1S/C26H21NO4S/c1-18-12-15-21(16-13-18)32(29,30)31-27-25(20-8-4-3-5-9-20)26(28)24-17-14-19(2)22-10-6-7-11-23(22)24/h3-17H,1-2H3/b27-25+. The van der Waals surface area contributed by atoms with Gasteiger partial charge in [0.2, 0.25) is 5.78 Å². The van der Waals surface area contributed by atoms with Gasteiger partial charge in [-0.15, -0.1) is 0 Å². The van der Waals surface area contributed by atoms with Gasteiger partial charge in [0.05, 0.1) is 0 Å². The Kier molecular flexibility index (Phi) is 5.88. The Bertz CT molecular complexity index is 1420. The zero-order chi connectivity index (χ0) is 22.7. The maximum absolute atomic E-state index is 13.6. The van der Waals surface area contributed by atoms with Crippen molar-refractivity contribution in [3.63, 3.8) is 0 Å². The first-order chi connectivity index (χ1) is 15.4. The Morgan fingerprint density at radius 2 is 1.38 bits per heavy atom. The van der Waals surface area contributed by atoms with Crippen LogP contribution in [0.25, 0.3) is 10.8 Å². The van der Waals surface area contributed by atoms with Gasteiger partial charge in [-0.3, -0.25) is 9.08 Å². The van der Waals surface area contributed by atoms with Gasteiger partial charge in [-0.05, 0) is 42.3 Å². The number of fused-ring (bicyclic) bond motifs is 1. The van der Waals surface area contributed by atoms with Gasteiger partial charge in [0.25, 0.3) is 0 Å². The zero-order valence-corrected chi connectivity index (χ0v) is 18.5. The van der Waals surface area contributed by atoms with Crippen molar-refractivity contribution in [3.05, 3.63) is 113 Å². The van der Waals surface area contributed by atoms with Crippen molar-refractivity contribution in [2.75, 3.05) is 0 Å². The van der Waals surface area contributed by atoms with E-state index in [1.165, 1.54) is 12.1 Å². The second-order valence-electron chi connectivity index (χ2n) is 7.45. The summed E-state index contributed by atoms with van der Waals surface area (Å²) in [5, 5.41) is 5.56. The molecule has 5 nitrogen and oxygen atoms in total. The van der Waals surface area contributed by atoms with E-state index in [0.717, 1.165) is 21.9 Å².